The Morgan fingerprint density at radius 2 is 2.18 bits per heavy atom. The molecule has 0 aliphatic rings. The first kappa shape index (κ1) is 10.9. The van der Waals surface area contributed by atoms with Gasteiger partial charge >= 0.3 is 0 Å². The van der Waals surface area contributed by atoms with Crippen molar-refractivity contribution in [2.24, 2.45) is 0 Å². The zero-order valence-electron chi connectivity index (χ0n) is 7.54. The topological polar surface area (TPSA) is 38.7 Å². The molecule has 1 N–H and O–H groups in total. The number of hydrogen-bond donors (Lipinski definition) is 1. The Balaban J connectivity index is 3.49. The highest BCUT2D eigenvalue weighted by molar-refractivity contribution is 6.39. The third-order valence-electron chi connectivity index (χ3n) is 1.86. The van der Waals surface area contributed by atoms with Gasteiger partial charge in [0.05, 0.1) is 12.6 Å². The van der Waals surface area contributed by atoms with Crippen molar-refractivity contribution in [3.63, 3.8) is 0 Å². The predicted octanol–water partition coefficient (Wildman–Crippen LogP) is 1.10. The van der Waals surface area contributed by atoms with Crippen LogP contribution in [0.15, 0.2) is 0 Å². The summed E-state index contributed by atoms with van der Waals surface area (Å²) in [4.78, 5) is 4.24. The summed E-state index contributed by atoms with van der Waals surface area (Å²) in [5.74, 6) is 0.572. The van der Waals surface area contributed by atoms with Gasteiger partial charge in [-0.15, -0.1) is 0 Å². The number of rotatable bonds is 6. The molecule has 0 amide bonds. The van der Waals surface area contributed by atoms with E-state index in [9.17, 15) is 0 Å². The minimum atomic E-state index is -0.171. The minimum Gasteiger partial charge on any atom is -0.383 e. The quantitative estimate of drug-likeness (QED) is 0.359. The van der Waals surface area contributed by atoms with Crippen molar-refractivity contribution in [2.45, 2.75) is 32.1 Å². The van der Waals surface area contributed by atoms with E-state index >= 15 is 0 Å². The highest BCUT2D eigenvalue weighted by Crippen LogP contribution is 2.08. The molecular weight excluding hydrogens is 143 g/mol. The van der Waals surface area contributed by atoms with Crippen molar-refractivity contribution in [2.75, 3.05) is 13.7 Å². The second-order valence-electron chi connectivity index (χ2n) is 2.93. The molecular formula is C7H17BO3. The van der Waals surface area contributed by atoms with Gasteiger partial charge in [0.15, 0.2) is 7.28 Å². The second-order valence-corrected chi connectivity index (χ2v) is 2.93. The molecule has 11 heavy (non-hydrogen) atoms. The van der Waals surface area contributed by atoms with Gasteiger partial charge in [0.25, 0.3) is 0 Å². The van der Waals surface area contributed by atoms with E-state index in [1.165, 1.54) is 0 Å². The maximum atomic E-state index is 8.42. The average molecular weight is 160 g/mol. The maximum absolute atomic E-state index is 8.42. The Morgan fingerprint density at radius 3 is 2.55 bits per heavy atom. The highest BCUT2D eigenvalue weighted by Gasteiger charge is 2.14. The first-order valence-corrected chi connectivity index (χ1v) is 4.03. The molecule has 0 saturated carbocycles. The fraction of sp³-hybridized carbons (Fsp3) is 1.00. The molecule has 0 bridgehead atoms. The van der Waals surface area contributed by atoms with Crippen LogP contribution in [-0.2, 0) is 9.62 Å². The van der Waals surface area contributed by atoms with Gasteiger partial charge in [-0.25, -0.2) is 4.89 Å². The third-order valence-corrected chi connectivity index (χ3v) is 1.86. The Labute approximate surface area is 68.9 Å². The molecule has 0 aromatic carbocycles. The van der Waals surface area contributed by atoms with Crippen LogP contribution in [0.4, 0.5) is 0 Å². The molecule has 0 rings (SSSR count). The van der Waals surface area contributed by atoms with Crippen LogP contribution in [0, 0.1) is 0 Å². The fourth-order valence-electron chi connectivity index (χ4n) is 0.943. The van der Waals surface area contributed by atoms with Gasteiger partial charge in [-0.2, -0.15) is 0 Å². The molecule has 3 nitrogen and oxygen atoms in total. The van der Waals surface area contributed by atoms with E-state index in [-0.39, 0.29) is 6.00 Å². The average Bonchev–Trinajstić information content (AvgIpc) is 2.03. The van der Waals surface area contributed by atoms with Gasteiger partial charge in [0, 0.05) is 7.11 Å². The third kappa shape index (κ3) is 5.24. The first-order valence-electron chi connectivity index (χ1n) is 4.03. The summed E-state index contributed by atoms with van der Waals surface area (Å²) in [6, 6.07) is -0.171. The van der Waals surface area contributed by atoms with E-state index in [0.717, 1.165) is 13.7 Å². The van der Waals surface area contributed by atoms with Crippen molar-refractivity contribution in [1.29, 1.82) is 0 Å². The Morgan fingerprint density at radius 1 is 1.55 bits per heavy atom. The molecule has 4 heteroatoms. The molecule has 0 spiro atoms. The Hall–Kier alpha value is -0.0551. The summed E-state index contributed by atoms with van der Waals surface area (Å²) in [5.41, 5.74) is 0. The molecule has 0 saturated heterocycles. The summed E-state index contributed by atoms with van der Waals surface area (Å²) in [7, 11) is 2.45. The zero-order chi connectivity index (χ0) is 8.69. The van der Waals surface area contributed by atoms with E-state index < -0.39 is 0 Å². The van der Waals surface area contributed by atoms with E-state index in [0.29, 0.717) is 12.4 Å². The summed E-state index contributed by atoms with van der Waals surface area (Å²) in [5, 5.41) is 8.42. The summed E-state index contributed by atoms with van der Waals surface area (Å²) < 4.78 is 4.86. The molecule has 0 fully saturated rings. The van der Waals surface area contributed by atoms with Crippen LogP contribution in [0.2, 0.25) is 5.82 Å². The Bertz CT molecular complexity index is 89.8. The molecule has 66 valence electrons. The van der Waals surface area contributed by atoms with Crippen LogP contribution >= 0.6 is 0 Å². The lowest BCUT2D eigenvalue weighted by atomic mass is 9.60. The second kappa shape index (κ2) is 6.64. The highest BCUT2D eigenvalue weighted by atomic mass is 17.1. The van der Waals surface area contributed by atoms with Gasteiger partial charge in [-0.05, 0) is 0 Å². The molecule has 0 aromatic heterocycles. The monoisotopic (exact) mass is 160 g/mol. The van der Waals surface area contributed by atoms with Gasteiger partial charge in [0.2, 0.25) is 0 Å². The lowest BCUT2D eigenvalue weighted by Crippen LogP contribution is -2.27. The van der Waals surface area contributed by atoms with E-state index in [1.54, 1.807) is 7.11 Å². The largest absolute Gasteiger partial charge is 0.383 e. The van der Waals surface area contributed by atoms with Crippen LogP contribution in [0.5, 0.6) is 0 Å². The lowest BCUT2D eigenvalue weighted by molar-refractivity contribution is -0.264. The number of hydrogen-bond acceptors (Lipinski definition) is 3. The summed E-state index contributed by atoms with van der Waals surface area (Å²) in [6.45, 7) is 4.70. The normalized spacial score (nSPS) is 16.0. The molecule has 0 aromatic rings. The zero-order valence-corrected chi connectivity index (χ0v) is 7.54. The Kier molecular flexibility index (Phi) is 6.61. The van der Waals surface area contributed by atoms with E-state index in [1.807, 2.05) is 0 Å². The van der Waals surface area contributed by atoms with Crippen molar-refractivity contribution in [3.05, 3.63) is 0 Å². The van der Waals surface area contributed by atoms with Gasteiger partial charge < -0.3 is 4.74 Å². The summed E-state index contributed by atoms with van der Waals surface area (Å²) in [6.07, 6.45) is 1.10. The predicted molar refractivity (Wildman–Crippen MR) is 46.2 cm³/mol. The molecule has 0 aliphatic heterocycles. The van der Waals surface area contributed by atoms with Gasteiger partial charge in [-0.1, -0.05) is 26.1 Å². The van der Waals surface area contributed by atoms with Crippen molar-refractivity contribution in [3.8, 4) is 0 Å². The van der Waals surface area contributed by atoms with Crippen molar-refractivity contribution in [1.82, 2.24) is 0 Å². The molecule has 0 aliphatic carbocycles. The smallest absolute Gasteiger partial charge is 0.167 e. The molecule has 0 heterocycles. The van der Waals surface area contributed by atoms with Crippen LogP contribution in [0.1, 0.15) is 20.3 Å². The molecule has 2 unspecified atom stereocenters. The van der Waals surface area contributed by atoms with Gasteiger partial charge in [0.1, 0.15) is 0 Å². The van der Waals surface area contributed by atoms with E-state index in [4.69, 9.17) is 9.99 Å². The van der Waals surface area contributed by atoms with Crippen molar-refractivity contribution >= 4 is 7.28 Å². The molecule has 2 atom stereocenters. The molecule has 0 radical (unpaired) electrons. The van der Waals surface area contributed by atoms with Crippen LogP contribution in [0.25, 0.3) is 0 Å². The fourth-order valence-corrected chi connectivity index (χ4v) is 0.943. The van der Waals surface area contributed by atoms with E-state index in [2.05, 4.69) is 18.7 Å². The lowest BCUT2D eigenvalue weighted by Gasteiger charge is -2.14. The number of methoxy groups -OCH3 is 1. The maximum Gasteiger partial charge on any atom is 0.167 e. The van der Waals surface area contributed by atoms with Crippen molar-refractivity contribution < 1.29 is 14.9 Å². The van der Waals surface area contributed by atoms with Gasteiger partial charge in [-0.3, -0.25) is 5.26 Å². The van der Waals surface area contributed by atoms with Crippen LogP contribution in [-0.4, -0.2) is 32.3 Å². The standard InChI is InChI=1S/C7H17BO3/c1-4-6(2)8-7(11-9)5-10-3/h6-9H,4-5H2,1-3H3. The van der Waals surface area contributed by atoms with Crippen LogP contribution < -0.4 is 0 Å². The minimum absolute atomic E-state index is 0.171. The SMILES string of the molecule is CCC(C)BC(COC)OO. The number of ether oxygens (including phenoxy) is 1. The summed E-state index contributed by atoms with van der Waals surface area (Å²) >= 11 is 0. The first-order chi connectivity index (χ1) is 5.24. The van der Waals surface area contributed by atoms with Crippen LogP contribution in [0.3, 0.4) is 0 Å².